The minimum Gasteiger partial charge on any atom is -0.478 e. The largest absolute Gasteiger partial charge is 0.478 e. The van der Waals surface area contributed by atoms with Crippen LogP contribution in [0.4, 0.5) is 0 Å². The number of carbonyl (C=O) groups is 1. The quantitative estimate of drug-likeness (QED) is 0.776. The van der Waals surface area contributed by atoms with Crippen molar-refractivity contribution < 1.29 is 9.90 Å². The second kappa shape index (κ2) is 5.88. The zero-order valence-electron chi connectivity index (χ0n) is 12.5. The number of rotatable bonds is 7. The van der Waals surface area contributed by atoms with Gasteiger partial charge in [0, 0.05) is 12.5 Å². The van der Waals surface area contributed by atoms with Crippen molar-refractivity contribution in [3.8, 4) is 0 Å². The molecule has 1 aliphatic carbocycles. The smallest absolute Gasteiger partial charge is 0.337 e. The van der Waals surface area contributed by atoms with Gasteiger partial charge in [0.25, 0.3) is 0 Å². The van der Waals surface area contributed by atoms with Crippen molar-refractivity contribution in [1.82, 2.24) is 9.55 Å². The Morgan fingerprint density at radius 2 is 2.14 bits per heavy atom. The van der Waals surface area contributed by atoms with Crippen molar-refractivity contribution >= 4 is 17.0 Å². The summed E-state index contributed by atoms with van der Waals surface area (Å²) < 4.78 is 2.26. The molecule has 1 fully saturated rings. The Bertz CT molecular complexity index is 656. The number of carboxylic acids is 1. The molecule has 1 heterocycles. The molecular formula is C17H22N2O2. The third-order valence-corrected chi connectivity index (χ3v) is 4.22. The predicted molar refractivity (Wildman–Crippen MR) is 82.8 cm³/mol. The van der Waals surface area contributed by atoms with Crippen molar-refractivity contribution in [2.45, 2.75) is 57.9 Å². The third kappa shape index (κ3) is 2.80. The average Bonchev–Trinajstić information content (AvgIpc) is 3.25. The Hall–Kier alpha value is -1.84. The number of hydrogen-bond acceptors (Lipinski definition) is 2. The van der Waals surface area contributed by atoms with Gasteiger partial charge in [0.15, 0.2) is 0 Å². The van der Waals surface area contributed by atoms with E-state index >= 15 is 0 Å². The highest BCUT2D eigenvalue weighted by Gasteiger charge is 2.30. The molecule has 1 aromatic carbocycles. The van der Waals surface area contributed by atoms with Gasteiger partial charge in [-0.3, -0.25) is 0 Å². The van der Waals surface area contributed by atoms with Crippen molar-refractivity contribution in [2.75, 3.05) is 0 Å². The summed E-state index contributed by atoms with van der Waals surface area (Å²) in [6.45, 7) is 3.16. The van der Waals surface area contributed by atoms with E-state index in [1.165, 1.54) is 32.1 Å². The van der Waals surface area contributed by atoms with Crippen LogP contribution >= 0.6 is 0 Å². The summed E-state index contributed by atoms with van der Waals surface area (Å²) in [6, 6.07) is 5.48. The lowest BCUT2D eigenvalue weighted by Crippen LogP contribution is -2.03. The number of para-hydroxylation sites is 1. The number of benzene rings is 1. The Morgan fingerprint density at radius 3 is 2.81 bits per heavy atom. The van der Waals surface area contributed by atoms with E-state index < -0.39 is 5.97 Å². The van der Waals surface area contributed by atoms with Crippen LogP contribution in [0.5, 0.6) is 0 Å². The minimum absolute atomic E-state index is 0.321. The molecule has 0 radical (unpaired) electrons. The molecule has 0 atom stereocenters. The van der Waals surface area contributed by atoms with Gasteiger partial charge in [-0.15, -0.1) is 0 Å². The Labute approximate surface area is 124 Å². The number of aromatic nitrogens is 2. The number of imidazole rings is 1. The number of fused-ring (bicyclic) bond motifs is 1. The number of hydrogen-bond donors (Lipinski definition) is 1. The molecular weight excluding hydrogens is 264 g/mol. The fourth-order valence-corrected chi connectivity index (χ4v) is 2.92. The Morgan fingerprint density at radius 1 is 1.33 bits per heavy atom. The van der Waals surface area contributed by atoms with Crippen LogP contribution in [0.2, 0.25) is 0 Å². The average molecular weight is 286 g/mol. The number of nitrogens with zero attached hydrogens (tertiary/aromatic N) is 2. The van der Waals surface area contributed by atoms with Crippen LogP contribution in [0.3, 0.4) is 0 Å². The summed E-state index contributed by atoms with van der Waals surface area (Å²) in [5.74, 6) is 0.735. The molecule has 0 spiro atoms. The maximum Gasteiger partial charge on any atom is 0.337 e. The van der Waals surface area contributed by atoms with Gasteiger partial charge in [-0.05, 0) is 31.4 Å². The first-order chi connectivity index (χ1) is 10.2. The first-order valence-electron chi connectivity index (χ1n) is 7.94. The summed E-state index contributed by atoms with van der Waals surface area (Å²) in [7, 11) is 0. The highest BCUT2D eigenvalue weighted by molar-refractivity contribution is 6.01. The molecule has 2 aromatic rings. The maximum absolute atomic E-state index is 11.4. The standard InChI is InChI=1S/C17H22N2O2/c1-2-3-4-5-11-19-14-8-6-7-13(17(20)21)15(14)18-16(19)12-9-10-12/h6-8,12H,2-5,9-11H2,1H3,(H,20,21). The molecule has 1 aliphatic rings. The summed E-state index contributed by atoms with van der Waals surface area (Å²) in [5, 5.41) is 9.33. The zero-order valence-corrected chi connectivity index (χ0v) is 12.5. The van der Waals surface area contributed by atoms with Crippen molar-refractivity contribution in [2.24, 2.45) is 0 Å². The molecule has 21 heavy (non-hydrogen) atoms. The van der Waals surface area contributed by atoms with Gasteiger partial charge in [-0.1, -0.05) is 32.3 Å². The number of aromatic carboxylic acids is 1. The van der Waals surface area contributed by atoms with E-state index in [0.717, 1.165) is 24.3 Å². The summed E-state index contributed by atoms with van der Waals surface area (Å²) in [5.41, 5.74) is 1.96. The van der Waals surface area contributed by atoms with Gasteiger partial charge in [-0.2, -0.15) is 0 Å². The molecule has 112 valence electrons. The number of aryl methyl sites for hydroxylation is 1. The first kappa shape index (κ1) is 14.1. The normalized spacial score (nSPS) is 14.7. The molecule has 1 N–H and O–H groups in total. The van der Waals surface area contributed by atoms with Crippen LogP contribution < -0.4 is 0 Å². The SMILES string of the molecule is CCCCCCn1c(C2CC2)nc2c(C(=O)O)cccc21. The third-order valence-electron chi connectivity index (χ3n) is 4.22. The summed E-state index contributed by atoms with van der Waals surface area (Å²) in [6.07, 6.45) is 7.20. The van der Waals surface area contributed by atoms with Crippen LogP contribution in [0.25, 0.3) is 11.0 Å². The molecule has 1 saturated carbocycles. The fourth-order valence-electron chi connectivity index (χ4n) is 2.92. The summed E-state index contributed by atoms with van der Waals surface area (Å²) in [4.78, 5) is 16.0. The van der Waals surface area contributed by atoms with Crippen LogP contribution in [-0.4, -0.2) is 20.6 Å². The second-order valence-corrected chi connectivity index (χ2v) is 5.94. The van der Waals surface area contributed by atoms with Gasteiger partial charge in [0.1, 0.15) is 11.3 Å². The highest BCUT2D eigenvalue weighted by Crippen LogP contribution is 2.41. The van der Waals surface area contributed by atoms with Crippen molar-refractivity contribution in [3.05, 3.63) is 29.6 Å². The van der Waals surface area contributed by atoms with E-state index in [1.807, 2.05) is 12.1 Å². The van der Waals surface area contributed by atoms with E-state index in [2.05, 4.69) is 16.5 Å². The fraction of sp³-hybridized carbons (Fsp3) is 0.529. The molecule has 0 unspecified atom stereocenters. The van der Waals surface area contributed by atoms with Crippen molar-refractivity contribution in [1.29, 1.82) is 0 Å². The van der Waals surface area contributed by atoms with E-state index in [-0.39, 0.29) is 0 Å². The monoisotopic (exact) mass is 286 g/mol. The van der Waals surface area contributed by atoms with Gasteiger partial charge >= 0.3 is 5.97 Å². The van der Waals surface area contributed by atoms with E-state index in [1.54, 1.807) is 6.07 Å². The van der Waals surface area contributed by atoms with Gasteiger partial charge < -0.3 is 9.67 Å². The van der Waals surface area contributed by atoms with Crippen LogP contribution in [-0.2, 0) is 6.54 Å². The lowest BCUT2D eigenvalue weighted by atomic mass is 10.2. The zero-order chi connectivity index (χ0) is 14.8. The van der Waals surface area contributed by atoms with Crippen molar-refractivity contribution in [3.63, 3.8) is 0 Å². The van der Waals surface area contributed by atoms with E-state index in [4.69, 9.17) is 0 Å². The number of carboxylic acid groups (broad SMARTS) is 1. The predicted octanol–water partition coefficient (Wildman–Crippen LogP) is 4.19. The Kier molecular flexibility index (Phi) is 3.95. The van der Waals surface area contributed by atoms with Gasteiger partial charge in [0.2, 0.25) is 0 Å². The van der Waals surface area contributed by atoms with E-state index in [9.17, 15) is 9.90 Å². The van der Waals surface area contributed by atoms with Gasteiger partial charge in [-0.25, -0.2) is 9.78 Å². The first-order valence-corrected chi connectivity index (χ1v) is 7.94. The Balaban J connectivity index is 1.97. The van der Waals surface area contributed by atoms with E-state index in [0.29, 0.717) is 17.0 Å². The second-order valence-electron chi connectivity index (χ2n) is 5.94. The molecule has 4 nitrogen and oxygen atoms in total. The molecule has 0 aliphatic heterocycles. The lowest BCUT2D eigenvalue weighted by Gasteiger charge is -2.08. The van der Waals surface area contributed by atoms with Crippen LogP contribution in [0.15, 0.2) is 18.2 Å². The minimum atomic E-state index is -0.890. The highest BCUT2D eigenvalue weighted by atomic mass is 16.4. The molecule has 1 aromatic heterocycles. The topological polar surface area (TPSA) is 55.1 Å². The molecule has 3 rings (SSSR count). The molecule has 0 saturated heterocycles. The van der Waals surface area contributed by atoms with Crippen LogP contribution in [0, 0.1) is 0 Å². The summed E-state index contributed by atoms with van der Waals surface area (Å²) >= 11 is 0. The van der Waals surface area contributed by atoms with Crippen LogP contribution in [0.1, 0.15) is 67.5 Å². The molecule has 4 heteroatoms. The molecule has 0 bridgehead atoms. The lowest BCUT2D eigenvalue weighted by molar-refractivity contribution is 0.0699. The maximum atomic E-state index is 11.4. The van der Waals surface area contributed by atoms with Gasteiger partial charge in [0.05, 0.1) is 11.1 Å². The molecule has 0 amide bonds. The number of unbranched alkanes of at least 4 members (excludes halogenated alkanes) is 3.